The van der Waals surface area contributed by atoms with E-state index < -0.39 is 6.09 Å². The molecule has 2 amide bonds. The molecule has 1 aromatic heterocycles. The number of hydrogen-bond acceptors (Lipinski definition) is 4. The molecule has 0 saturated carbocycles. The van der Waals surface area contributed by atoms with E-state index in [1.54, 1.807) is 0 Å². The van der Waals surface area contributed by atoms with Crippen LogP contribution in [-0.2, 0) is 17.8 Å². The Morgan fingerprint density at radius 3 is 2.38 bits per heavy atom. The van der Waals surface area contributed by atoms with Gasteiger partial charge in [0.05, 0.1) is 5.52 Å². The summed E-state index contributed by atoms with van der Waals surface area (Å²) in [6.07, 6.45) is -0.363. The Morgan fingerprint density at radius 2 is 1.76 bits per heavy atom. The number of aryl methyl sites for hydroxylation is 1. The lowest BCUT2D eigenvalue weighted by molar-refractivity contribution is -0.123. The Bertz CT molecular complexity index is 1170. The third-order valence-electron chi connectivity index (χ3n) is 5.32. The second-order valence-corrected chi connectivity index (χ2v) is 9.22. The standard InChI is InChI=1S/C27H33N3O4/c1-16(2)12-24-22(14-28-27(32)33)26(19-8-6-18(5)7-9-19)21-13-20(10-11-23(21)30-24)34-15-25(31)29-17(3)4/h6-11,13,16-17,28H,12,14-15H2,1-5H3,(H,29,31)(H,32,33). The normalized spacial score (nSPS) is 11.1. The molecule has 3 rings (SSSR count). The summed E-state index contributed by atoms with van der Waals surface area (Å²) in [6.45, 7) is 10.1. The van der Waals surface area contributed by atoms with E-state index in [1.807, 2.05) is 63.2 Å². The summed E-state index contributed by atoms with van der Waals surface area (Å²) in [7, 11) is 0. The first-order valence-corrected chi connectivity index (χ1v) is 11.6. The first-order valence-electron chi connectivity index (χ1n) is 11.6. The number of pyridine rings is 1. The van der Waals surface area contributed by atoms with Crippen LogP contribution in [0.25, 0.3) is 22.0 Å². The maximum atomic E-state index is 12.0. The SMILES string of the molecule is Cc1ccc(-c2c(CNC(=O)O)c(CC(C)C)nc3ccc(OCC(=O)NC(C)C)cc23)cc1. The molecule has 1 heterocycles. The third-order valence-corrected chi connectivity index (χ3v) is 5.32. The molecule has 2 aromatic carbocycles. The molecule has 3 aromatic rings. The monoisotopic (exact) mass is 463 g/mol. The smallest absolute Gasteiger partial charge is 0.404 e. The average Bonchev–Trinajstić information content (AvgIpc) is 2.75. The summed E-state index contributed by atoms with van der Waals surface area (Å²) in [4.78, 5) is 28.3. The van der Waals surface area contributed by atoms with E-state index >= 15 is 0 Å². The predicted octanol–water partition coefficient (Wildman–Crippen LogP) is 5.08. The minimum absolute atomic E-state index is 0.0358. The van der Waals surface area contributed by atoms with Gasteiger partial charge in [-0.3, -0.25) is 9.78 Å². The summed E-state index contributed by atoms with van der Waals surface area (Å²) in [5, 5.41) is 15.5. The number of hydrogen-bond donors (Lipinski definition) is 3. The number of benzene rings is 2. The van der Waals surface area contributed by atoms with Gasteiger partial charge in [0, 0.05) is 29.2 Å². The second-order valence-electron chi connectivity index (χ2n) is 9.22. The Kier molecular flexibility index (Phi) is 8.10. The zero-order valence-electron chi connectivity index (χ0n) is 20.4. The molecule has 0 atom stereocenters. The number of fused-ring (bicyclic) bond motifs is 1. The van der Waals surface area contributed by atoms with Crippen LogP contribution in [-0.4, -0.2) is 34.7 Å². The van der Waals surface area contributed by atoms with Crippen LogP contribution >= 0.6 is 0 Å². The molecule has 0 fully saturated rings. The van der Waals surface area contributed by atoms with Crippen molar-refractivity contribution in [3.63, 3.8) is 0 Å². The summed E-state index contributed by atoms with van der Waals surface area (Å²) in [5.74, 6) is 0.711. The summed E-state index contributed by atoms with van der Waals surface area (Å²) in [5.41, 5.74) is 5.55. The molecule has 0 unspecified atom stereocenters. The molecule has 0 radical (unpaired) electrons. The summed E-state index contributed by atoms with van der Waals surface area (Å²) in [6, 6.07) is 13.8. The van der Waals surface area contributed by atoms with Gasteiger partial charge in [0.15, 0.2) is 6.61 Å². The fourth-order valence-corrected chi connectivity index (χ4v) is 3.89. The van der Waals surface area contributed by atoms with Crippen molar-refractivity contribution < 1.29 is 19.4 Å². The lowest BCUT2D eigenvalue weighted by atomic mass is 9.91. The molecule has 0 bridgehead atoms. The van der Waals surface area contributed by atoms with Crippen molar-refractivity contribution in [1.82, 2.24) is 15.6 Å². The van der Waals surface area contributed by atoms with Gasteiger partial charge in [-0.2, -0.15) is 0 Å². The Labute approximate surface area is 200 Å². The van der Waals surface area contributed by atoms with Crippen molar-refractivity contribution in [2.75, 3.05) is 6.61 Å². The number of amides is 2. The number of carbonyl (C=O) groups is 2. The van der Waals surface area contributed by atoms with Gasteiger partial charge >= 0.3 is 6.09 Å². The molecule has 0 spiro atoms. The number of rotatable bonds is 9. The minimum atomic E-state index is -1.08. The number of carbonyl (C=O) groups excluding carboxylic acids is 1. The van der Waals surface area contributed by atoms with Gasteiger partial charge in [-0.25, -0.2) is 4.79 Å². The fourth-order valence-electron chi connectivity index (χ4n) is 3.89. The van der Waals surface area contributed by atoms with E-state index in [0.29, 0.717) is 11.7 Å². The zero-order chi connectivity index (χ0) is 24.8. The van der Waals surface area contributed by atoms with Crippen LogP contribution in [0.3, 0.4) is 0 Å². The zero-order valence-corrected chi connectivity index (χ0v) is 20.4. The van der Waals surface area contributed by atoms with Crippen LogP contribution < -0.4 is 15.4 Å². The highest BCUT2D eigenvalue weighted by molar-refractivity contribution is 5.97. The first kappa shape index (κ1) is 25.0. The number of carboxylic acid groups (broad SMARTS) is 1. The first-order chi connectivity index (χ1) is 16.1. The molecule has 0 saturated heterocycles. The second kappa shape index (κ2) is 11.0. The molecule has 34 heavy (non-hydrogen) atoms. The molecule has 0 aliphatic carbocycles. The van der Waals surface area contributed by atoms with Crippen LogP contribution in [0.15, 0.2) is 42.5 Å². The van der Waals surface area contributed by atoms with Crippen LogP contribution in [0.1, 0.15) is 44.5 Å². The van der Waals surface area contributed by atoms with Gasteiger partial charge in [-0.15, -0.1) is 0 Å². The van der Waals surface area contributed by atoms with Crippen LogP contribution in [0.5, 0.6) is 5.75 Å². The van der Waals surface area contributed by atoms with Gasteiger partial charge < -0.3 is 20.5 Å². The molecule has 7 heteroatoms. The van der Waals surface area contributed by atoms with E-state index in [4.69, 9.17) is 9.72 Å². The molecular weight excluding hydrogens is 430 g/mol. The van der Waals surface area contributed by atoms with E-state index in [2.05, 4.69) is 24.5 Å². The van der Waals surface area contributed by atoms with Crippen molar-refractivity contribution in [1.29, 1.82) is 0 Å². The third kappa shape index (κ3) is 6.47. The molecule has 0 aliphatic heterocycles. The number of nitrogens with zero attached hydrogens (tertiary/aromatic N) is 1. The van der Waals surface area contributed by atoms with E-state index in [1.165, 1.54) is 0 Å². The highest BCUT2D eigenvalue weighted by Crippen LogP contribution is 2.36. The van der Waals surface area contributed by atoms with Crippen molar-refractivity contribution in [2.24, 2.45) is 5.92 Å². The highest BCUT2D eigenvalue weighted by Gasteiger charge is 2.19. The topological polar surface area (TPSA) is 101 Å². The maximum absolute atomic E-state index is 12.0. The van der Waals surface area contributed by atoms with E-state index in [9.17, 15) is 14.7 Å². The Balaban J connectivity index is 2.16. The van der Waals surface area contributed by atoms with Gasteiger partial charge in [-0.1, -0.05) is 43.7 Å². The number of ether oxygens (including phenoxy) is 1. The van der Waals surface area contributed by atoms with Gasteiger partial charge in [-0.05, 0) is 62.4 Å². The maximum Gasteiger partial charge on any atom is 0.404 e. The van der Waals surface area contributed by atoms with Gasteiger partial charge in [0.2, 0.25) is 0 Å². The van der Waals surface area contributed by atoms with Crippen LogP contribution in [0.4, 0.5) is 4.79 Å². The minimum Gasteiger partial charge on any atom is -0.484 e. The number of aromatic nitrogens is 1. The summed E-state index contributed by atoms with van der Waals surface area (Å²) < 4.78 is 5.77. The Hall–Kier alpha value is -3.61. The quantitative estimate of drug-likeness (QED) is 0.411. The fraction of sp³-hybridized carbons (Fsp3) is 0.370. The van der Waals surface area contributed by atoms with Gasteiger partial charge in [0.25, 0.3) is 5.91 Å². The van der Waals surface area contributed by atoms with Crippen molar-refractivity contribution in [3.05, 3.63) is 59.3 Å². The molecule has 0 aliphatic rings. The lowest BCUT2D eigenvalue weighted by Gasteiger charge is -2.19. The lowest BCUT2D eigenvalue weighted by Crippen LogP contribution is -2.34. The number of nitrogens with one attached hydrogen (secondary N) is 2. The summed E-state index contributed by atoms with van der Waals surface area (Å²) >= 11 is 0. The van der Waals surface area contributed by atoms with Crippen molar-refractivity contribution in [3.8, 4) is 16.9 Å². The molecule has 7 nitrogen and oxygen atoms in total. The van der Waals surface area contributed by atoms with Crippen molar-refractivity contribution >= 4 is 22.9 Å². The van der Waals surface area contributed by atoms with Crippen LogP contribution in [0, 0.1) is 12.8 Å². The highest BCUT2D eigenvalue weighted by atomic mass is 16.5. The Morgan fingerprint density at radius 1 is 1.06 bits per heavy atom. The van der Waals surface area contributed by atoms with Crippen molar-refractivity contribution in [2.45, 2.75) is 53.6 Å². The van der Waals surface area contributed by atoms with E-state index in [-0.39, 0.29) is 25.1 Å². The van der Waals surface area contributed by atoms with Crippen LogP contribution in [0.2, 0.25) is 0 Å². The van der Waals surface area contributed by atoms with E-state index in [0.717, 1.165) is 45.3 Å². The molecular formula is C27H33N3O4. The molecule has 3 N–H and O–H groups in total. The average molecular weight is 464 g/mol. The predicted molar refractivity (Wildman–Crippen MR) is 134 cm³/mol. The molecule has 180 valence electrons. The van der Waals surface area contributed by atoms with Gasteiger partial charge in [0.1, 0.15) is 5.75 Å². The largest absolute Gasteiger partial charge is 0.484 e.